The molecule has 1 aromatic heterocycles. The van der Waals surface area contributed by atoms with Crippen LogP contribution in [0.25, 0.3) is 11.0 Å². The first-order valence-corrected chi connectivity index (χ1v) is 5.29. The highest BCUT2D eigenvalue weighted by molar-refractivity contribution is 5.75. The number of benzene rings is 1. The van der Waals surface area contributed by atoms with Crippen molar-refractivity contribution in [2.45, 2.75) is 19.4 Å². The second-order valence-corrected chi connectivity index (χ2v) is 3.58. The number of aryl methyl sites for hydroxylation is 1. The third kappa shape index (κ3) is 1.82. The van der Waals surface area contributed by atoms with E-state index in [-0.39, 0.29) is 0 Å². The van der Waals surface area contributed by atoms with Gasteiger partial charge < -0.3 is 4.57 Å². The van der Waals surface area contributed by atoms with Crippen molar-refractivity contribution in [2.24, 2.45) is 0 Å². The highest BCUT2D eigenvalue weighted by Gasteiger charge is 2.08. The Morgan fingerprint density at radius 1 is 1.44 bits per heavy atom. The number of fused-ring (bicyclic) bond motifs is 1. The van der Waals surface area contributed by atoms with Crippen molar-refractivity contribution in [1.82, 2.24) is 9.55 Å². The van der Waals surface area contributed by atoms with Crippen LogP contribution in [0.15, 0.2) is 36.9 Å². The van der Waals surface area contributed by atoms with Crippen LogP contribution in [0.4, 0.5) is 0 Å². The second-order valence-electron chi connectivity index (χ2n) is 3.58. The monoisotopic (exact) mass is 211 g/mol. The SMILES string of the molecule is C=CCCn1c(CC#N)nc2ccccc21. The molecule has 1 heterocycles. The van der Waals surface area contributed by atoms with Gasteiger partial charge in [0.2, 0.25) is 0 Å². The standard InChI is InChI=1S/C13H13N3/c1-2-3-10-16-12-7-5-4-6-11(12)15-13(16)8-9-14/h2,4-7H,1,3,8,10H2. The lowest BCUT2D eigenvalue weighted by atomic mass is 10.3. The molecule has 0 unspecified atom stereocenters. The van der Waals surface area contributed by atoms with Gasteiger partial charge in [-0.2, -0.15) is 5.26 Å². The van der Waals surface area contributed by atoms with E-state index in [9.17, 15) is 0 Å². The summed E-state index contributed by atoms with van der Waals surface area (Å²) in [7, 11) is 0. The Kier molecular flexibility index (Phi) is 3.02. The summed E-state index contributed by atoms with van der Waals surface area (Å²) >= 11 is 0. The van der Waals surface area contributed by atoms with Gasteiger partial charge in [-0.1, -0.05) is 18.2 Å². The van der Waals surface area contributed by atoms with E-state index >= 15 is 0 Å². The molecule has 3 nitrogen and oxygen atoms in total. The molecule has 0 aliphatic heterocycles. The molecule has 0 aliphatic carbocycles. The van der Waals surface area contributed by atoms with Gasteiger partial charge in [0.15, 0.2) is 0 Å². The van der Waals surface area contributed by atoms with Crippen molar-refractivity contribution < 1.29 is 0 Å². The van der Waals surface area contributed by atoms with Gasteiger partial charge in [0.1, 0.15) is 5.82 Å². The number of nitrogens with zero attached hydrogens (tertiary/aromatic N) is 3. The molecule has 0 spiro atoms. The molecule has 0 radical (unpaired) electrons. The van der Waals surface area contributed by atoms with Crippen molar-refractivity contribution >= 4 is 11.0 Å². The normalized spacial score (nSPS) is 10.2. The highest BCUT2D eigenvalue weighted by atomic mass is 15.1. The maximum absolute atomic E-state index is 8.77. The Morgan fingerprint density at radius 2 is 2.25 bits per heavy atom. The van der Waals surface area contributed by atoms with Crippen molar-refractivity contribution in [3.8, 4) is 6.07 Å². The van der Waals surface area contributed by atoms with Crippen molar-refractivity contribution in [1.29, 1.82) is 5.26 Å². The maximum Gasteiger partial charge on any atom is 0.124 e. The van der Waals surface area contributed by atoms with Crippen LogP contribution in [-0.2, 0) is 13.0 Å². The van der Waals surface area contributed by atoms with Gasteiger partial charge in [0, 0.05) is 6.54 Å². The van der Waals surface area contributed by atoms with Crippen LogP contribution in [0.2, 0.25) is 0 Å². The number of aromatic nitrogens is 2. The van der Waals surface area contributed by atoms with Crippen molar-refractivity contribution in [3.63, 3.8) is 0 Å². The number of hydrogen-bond donors (Lipinski definition) is 0. The Hall–Kier alpha value is -2.08. The molecule has 0 bridgehead atoms. The zero-order valence-electron chi connectivity index (χ0n) is 9.06. The van der Waals surface area contributed by atoms with Crippen molar-refractivity contribution in [2.75, 3.05) is 0 Å². The molecule has 0 aliphatic rings. The molecular formula is C13H13N3. The summed E-state index contributed by atoms with van der Waals surface area (Å²) in [6, 6.07) is 10.1. The Labute approximate surface area is 94.6 Å². The van der Waals surface area contributed by atoms with E-state index in [0.29, 0.717) is 6.42 Å². The lowest BCUT2D eigenvalue weighted by molar-refractivity contribution is 0.695. The smallest absolute Gasteiger partial charge is 0.124 e. The Bertz CT molecular complexity index is 546. The van der Waals surface area contributed by atoms with Gasteiger partial charge in [0.05, 0.1) is 23.5 Å². The summed E-state index contributed by atoms with van der Waals surface area (Å²) in [4.78, 5) is 4.46. The van der Waals surface area contributed by atoms with E-state index in [1.807, 2.05) is 30.3 Å². The molecule has 0 saturated carbocycles. The van der Waals surface area contributed by atoms with Crippen LogP contribution < -0.4 is 0 Å². The molecule has 0 N–H and O–H groups in total. The van der Waals surface area contributed by atoms with E-state index < -0.39 is 0 Å². The first-order valence-electron chi connectivity index (χ1n) is 5.29. The quantitative estimate of drug-likeness (QED) is 0.729. The molecule has 0 fully saturated rings. The predicted molar refractivity (Wildman–Crippen MR) is 63.9 cm³/mol. The summed E-state index contributed by atoms with van der Waals surface area (Å²) in [5, 5.41) is 8.77. The van der Waals surface area contributed by atoms with E-state index in [2.05, 4.69) is 22.2 Å². The summed E-state index contributed by atoms with van der Waals surface area (Å²) in [6.45, 7) is 4.55. The van der Waals surface area contributed by atoms with Gasteiger partial charge in [0.25, 0.3) is 0 Å². The molecule has 0 amide bonds. The topological polar surface area (TPSA) is 41.6 Å². The van der Waals surface area contributed by atoms with Gasteiger partial charge in [-0.25, -0.2) is 4.98 Å². The summed E-state index contributed by atoms with van der Waals surface area (Å²) in [5.74, 6) is 0.838. The van der Waals surface area contributed by atoms with Crippen LogP contribution in [0.3, 0.4) is 0 Å². The van der Waals surface area contributed by atoms with Crippen LogP contribution in [0.1, 0.15) is 12.2 Å². The number of para-hydroxylation sites is 2. The predicted octanol–water partition coefficient (Wildman–Crippen LogP) is 2.68. The molecular weight excluding hydrogens is 198 g/mol. The minimum absolute atomic E-state index is 0.353. The van der Waals surface area contributed by atoms with Gasteiger partial charge in [-0.15, -0.1) is 6.58 Å². The number of nitriles is 1. The minimum atomic E-state index is 0.353. The van der Waals surface area contributed by atoms with Crippen LogP contribution in [-0.4, -0.2) is 9.55 Å². The number of hydrogen-bond acceptors (Lipinski definition) is 2. The average Bonchev–Trinajstić information content (AvgIpc) is 2.65. The molecule has 3 heteroatoms. The minimum Gasteiger partial charge on any atom is -0.327 e. The number of allylic oxidation sites excluding steroid dienone is 1. The lowest BCUT2D eigenvalue weighted by Gasteiger charge is -2.04. The average molecular weight is 211 g/mol. The van der Waals surface area contributed by atoms with Gasteiger partial charge in [-0.3, -0.25) is 0 Å². The first-order chi connectivity index (χ1) is 7.86. The largest absolute Gasteiger partial charge is 0.327 e. The second kappa shape index (κ2) is 4.63. The van der Waals surface area contributed by atoms with Crippen LogP contribution >= 0.6 is 0 Å². The van der Waals surface area contributed by atoms with Crippen molar-refractivity contribution in [3.05, 3.63) is 42.7 Å². The zero-order valence-corrected chi connectivity index (χ0v) is 9.06. The fourth-order valence-corrected chi connectivity index (χ4v) is 1.80. The summed E-state index contributed by atoms with van der Waals surface area (Å²) < 4.78 is 2.10. The molecule has 80 valence electrons. The van der Waals surface area contributed by atoms with E-state index in [4.69, 9.17) is 5.26 Å². The Morgan fingerprint density at radius 3 is 3.00 bits per heavy atom. The molecule has 2 rings (SSSR count). The van der Waals surface area contributed by atoms with Crippen LogP contribution in [0.5, 0.6) is 0 Å². The molecule has 1 aromatic carbocycles. The maximum atomic E-state index is 8.77. The van der Waals surface area contributed by atoms with Crippen LogP contribution in [0, 0.1) is 11.3 Å². The lowest BCUT2D eigenvalue weighted by Crippen LogP contribution is -2.02. The fourth-order valence-electron chi connectivity index (χ4n) is 1.80. The third-order valence-corrected chi connectivity index (χ3v) is 2.53. The summed E-state index contributed by atoms with van der Waals surface area (Å²) in [6.07, 6.45) is 3.12. The summed E-state index contributed by atoms with van der Waals surface area (Å²) in [5.41, 5.74) is 2.05. The zero-order chi connectivity index (χ0) is 11.4. The van der Waals surface area contributed by atoms with Gasteiger partial charge >= 0.3 is 0 Å². The first kappa shape index (κ1) is 10.4. The fraction of sp³-hybridized carbons (Fsp3) is 0.231. The van der Waals surface area contributed by atoms with E-state index in [1.54, 1.807) is 0 Å². The van der Waals surface area contributed by atoms with Gasteiger partial charge in [-0.05, 0) is 18.6 Å². The third-order valence-electron chi connectivity index (χ3n) is 2.53. The van der Waals surface area contributed by atoms with E-state index in [1.165, 1.54) is 0 Å². The molecule has 0 atom stereocenters. The Balaban J connectivity index is 2.51. The number of imidazole rings is 1. The number of rotatable bonds is 4. The van der Waals surface area contributed by atoms with E-state index in [0.717, 1.165) is 29.8 Å². The highest BCUT2D eigenvalue weighted by Crippen LogP contribution is 2.16. The molecule has 16 heavy (non-hydrogen) atoms. The molecule has 0 saturated heterocycles. The molecule has 2 aromatic rings.